The molecule has 4 heteroatoms. The summed E-state index contributed by atoms with van der Waals surface area (Å²) in [6, 6.07) is 3.40. The molecule has 0 saturated carbocycles. The molecule has 0 spiro atoms. The van der Waals surface area contributed by atoms with Crippen molar-refractivity contribution in [3.63, 3.8) is 0 Å². The molecule has 0 radical (unpaired) electrons. The lowest BCUT2D eigenvalue weighted by Gasteiger charge is -2.15. The Morgan fingerprint density at radius 2 is 1.68 bits per heavy atom. The van der Waals surface area contributed by atoms with E-state index in [4.69, 9.17) is 14.2 Å². The Bertz CT molecular complexity index is 477. The zero-order valence-corrected chi connectivity index (χ0v) is 11.9. The van der Waals surface area contributed by atoms with Gasteiger partial charge in [0.05, 0.1) is 26.9 Å². The van der Waals surface area contributed by atoms with Gasteiger partial charge in [-0.2, -0.15) is 0 Å². The summed E-state index contributed by atoms with van der Waals surface area (Å²) in [4.78, 5) is 12.2. The van der Waals surface area contributed by atoms with Crippen molar-refractivity contribution in [2.24, 2.45) is 0 Å². The SMILES string of the molecule is C=C(C)CCC(=O)c1ccc(OC)c(OC)c1OC. The molecule has 0 atom stereocenters. The number of methoxy groups -OCH3 is 3. The van der Waals surface area contributed by atoms with Crippen LogP contribution in [0.15, 0.2) is 24.3 Å². The van der Waals surface area contributed by atoms with Crippen LogP contribution in [0, 0.1) is 0 Å². The maximum atomic E-state index is 12.2. The van der Waals surface area contributed by atoms with Crippen LogP contribution < -0.4 is 14.2 Å². The van der Waals surface area contributed by atoms with Crippen molar-refractivity contribution in [1.29, 1.82) is 0 Å². The average Bonchev–Trinajstić information content (AvgIpc) is 2.42. The molecule has 0 N–H and O–H groups in total. The van der Waals surface area contributed by atoms with E-state index in [1.165, 1.54) is 14.2 Å². The number of Topliss-reactive ketones (excluding diaryl/α,β-unsaturated/α-hetero) is 1. The van der Waals surface area contributed by atoms with Crippen LogP contribution in [0.4, 0.5) is 0 Å². The van der Waals surface area contributed by atoms with Gasteiger partial charge in [-0.1, -0.05) is 5.57 Å². The molecule has 0 fully saturated rings. The molecule has 0 saturated heterocycles. The standard InChI is InChI=1S/C15H20O4/c1-10(2)6-8-12(16)11-7-9-13(17-3)15(19-5)14(11)18-4/h7,9H,1,6,8H2,2-5H3. The van der Waals surface area contributed by atoms with Crippen LogP contribution in [0.5, 0.6) is 17.2 Å². The molecule has 0 heterocycles. The lowest BCUT2D eigenvalue weighted by Crippen LogP contribution is -2.05. The second-order valence-corrected chi connectivity index (χ2v) is 4.26. The molecule has 104 valence electrons. The average molecular weight is 264 g/mol. The number of hydrogen-bond acceptors (Lipinski definition) is 4. The molecule has 4 nitrogen and oxygen atoms in total. The first-order valence-electron chi connectivity index (χ1n) is 6.01. The minimum absolute atomic E-state index is 0.000744. The van der Waals surface area contributed by atoms with E-state index in [9.17, 15) is 4.79 Å². The van der Waals surface area contributed by atoms with E-state index in [0.29, 0.717) is 35.7 Å². The van der Waals surface area contributed by atoms with Crippen molar-refractivity contribution < 1.29 is 19.0 Å². The molecular formula is C15H20O4. The topological polar surface area (TPSA) is 44.8 Å². The molecule has 1 aromatic rings. The number of allylic oxidation sites excluding steroid dienone is 1. The van der Waals surface area contributed by atoms with Gasteiger partial charge in [0.2, 0.25) is 5.75 Å². The van der Waals surface area contributed by atoms with Crippen LogP contribution in [0.2, 0.25) is 0 Å². The summed E-state index contributed by atoms with van der Waals surface area (Å²) in [5.41, 5.74) is 1.48. The van der Waals surface area contributed by atoms with Crippen LogP contribution in [-0.4, -0.2) is 27.1 Å². The minimum atomic E-state index is 0.000744. The second kappa shape index (κ2) is 6.83. The van der Waals surface area contributed by atoms with Crippen molar-refractivity contribution in [3.05, 3.63) is 29.8 Å². The van der Waals surface area contributed by atoms with Gasteiger partial charge in [-0.25, -0.2) is 0 Å². The number of ether oxygens (including phenoxy) is 3. The first-order valence-corrected chi connectivity index (χ1v) is 6.01. The van der Waals surface area contributed by atoms with Gasteiger partial charge < -0.3 is 14.2 Å². The summed E-state index contributed by atoms with van der Waals surface area (Å²) in [6.07, 6.45) is 1.07. The summed E-state index contributed by atoms with van der Waals surface area (Å²) in [5.74, 6) is 1.39. The van der Waals surface area contributed by atoms with E-state index in [1.807, 2.05) is 6.92 Å². The monoisotopic (exact) mass is 264 g/mol. The highest BCUT2D eigenvalue weighted by Gasteiger charge is 2.20. The Morgan fingerprint density at radius 3 is 2.16 bits per heavy atom. The third-order valence-corrected chi connectivity index (χ3v) is 2.78. The highest BCUT2D eigenvalue weighted by atomic mass is 16.5. The smallest absolute Gasteiger partial charge is 0.204 e. The van der Waals surface area contributed by atoms with Gasteiger partial charge in [-0.15, -0.1) is 6.58 Å². The summed E-state index contributed by atoms with van der Waals surface area (Å²) in [6.45, 7) is 5.70. The van der Waals surface area contributed by atoms with Crippen LogP contribution in [0.1, 0.15) is 30.1 Å². The van der Waals surface area contributed by atoms with Crippen molar-refractivity contribution in [2.75, 3.05) is 21.3 Å². The summed E-state index contributed by atoms with van der Waals surface area (Å²) in [5, 5.41) is 0. The normalized spacial score (nSPS) is 9.89. The van der Waals surface area contributed by atoms with Gasteiger partial charge in [0.15, 0.2) is 17.3 Å². The minimum Gasteiger partial charge on any atom is -0.493 e. The van der Waals surface area contributed by atoms with Gasteiger partial charge in [0, 0.05) is 6.42 Å². The number of carbonyl (C=O) groups is 1. The molecule has 0 aliphatic carbocycles. The predicted molar refractivity (Wildman–Crippen MR) is 74.5 cm³/mol. The second-order valence-electron chi connectivity index (χ2n) is 4.26. The van der Waals surface area contributed by atoms with Crippen molar-refractivity contribution >= 4 is 5.78 Å². The summed E-state index contributed by atoms with van der Waals surface area (Å²) in [7, 11) is 4.56. The van der Waals surface area contributed by atoms with E-state index in [0.717, 1.165) is 5.57 Å². The Balaban J connectivity index is 3.13. The molecular weight excluding hydrogens is 244 g/mol. The van der Waals surface area contributed by atoms with E-state index in [2.05, 4.69) is 6.58 Å². The van der Waals surface area contributed by atoms with Crippen molar-refractivity contribution in [1.82, 2.24) is 0 Å². The molecule has 1 aromatic carbocycles. The Labute approximate surface area is 114 Å². The lowest BCUT2D eigenvalue weighted by atomic mass is 10.0. The number of hydrogen-bond donors (Lipinski definition) is 0. The fraction of sp³-hybridized carbons (Fsp3) is 0.400. The molecule has 0 unspecified atom stereocenters. The van der Waals surface area contributed by atoms with Crippen LogP contribution >= 0.6 is 0 Å². The zero-order chi connectivity index (χ0) is 14.4. The number of benzene rings is 1. The fourth-order valence-electron chi connectivity index (χ4n) is 1.78. The number of ketones is 1. The van der Waals surface area contributed by atoms with Crippen LogP contribution in [0.25, 0.3) is 0 Å². The van der Waals surface area contributed by atoms with Crippen molar-refractivity contribution in [3.8, 4) is 17.2 Å². The van der Waals surface area contributed by atoms with E-state index in [-0.39, 0.29) is 5.78 Å². The molecule has 0 aliphatic heterocycles. The zero-order valence-electron chi connectivity index (χ0n) is 11.9. The Morgan fingerprint density at radius 1 is 1.05 bits per heavy atom. The molecule has 0 bridgehead atoms. The Kier molecular flexibility index (Phi) is 5.42. The molecule has 0 aromatic heterocycles. The number of rotatable bonds is 7. The highest BCUT2D eigenvalue weighted by Crippen LogP contribution is 2.40. The van der Waals surface area contributed by atoms with Gasteiger partial charge in [-0.05, 0) is 25.5 Å². The molecule has 0 amide bonds. The van der Waals surface area contributed by atoms with Gasteiger partial charge in [0.1, 0.15) is 0 Å². The maximum Gasteiger partial charge on any atom is 0.204 e. The van der Waals surface area contributed by atoms with E-state index in [1.54, 1.807) is 19.2 Å². The van der Waals surface area contributed by atoms with Crippen LogP contribution in [-0.2, 0) is 0 Å². The largest absolute Gasteiger partial charge is 0.493 e. The number of carbonyl (C=O) groups excluding carboxylic acids is 1. The van der Waals surface area contributed by atoms with Crippen LogP contribution in [0.3, 0.4) is 0 Å². The van der Waals surface area contributed by atoms with Crippen molar-refractivity contribution in [2.45, 2.75) is 19.8 Å². The Hall–Kier alpha value is -1.97. The molecule has 19 heavy (non-hydrogen) atoms. The third-order valence-electron chi connectivity index (χ3n) is 2.78. The summed E-state index contributed by atoms with van der Waals surface area (Å²) >= 11 is 0. The van der Waals surface area contributed by atoms with E-state index >= 15 is 0 Å². The van der Waals surface area contributed by atoms with Gasteiger partial charge in [-0.3, -0.25) is 4.79 Å². The third kappa shape index (κ3) is 3.50. The maximum absolute atomic E-state index is 12.2. The quantitative estimate of drug-likeness (QED) is 0.560. The van der Waals surface area contributed by atoms with Gasteiger partial charge >= 0.3 is 0 Å². The molecule has 0 aliphatic rings. The molecule has 1 rings (SSSR count). The van der Waals surface area contributed by atoms with Gasteiger partial charge in [0.25, 0.3) is 0 Å². The fourth-order valence-corrected chi connectivity index (χ4v) is 1.78. The van der Waals surface area contributed by atoms with E-state index < -0.39 is 0 Å². The summed E-state index contributed by atoms with van der Waals surface area (Å²) < 4.78 is 15.7. The lowest BCUT2D eigenvalue weighted by molar-refractivity contribution is 0.0979. The predicted octanol–water partition coefficient (Wildman–Crippen LogP) is 3.25. The first-order chi connectivity index (χ1) is 9.04. The first kappa shape index (κ1) is 15.1. The highest BCUT2D eigenvalue weighted by molar-refractivity contribution is 6.00.